The number of sulfone groups is 1. The fourth-order valence-electron chi connectivity index (χ4n) is 5.21. The van der Waals surface area contributed by atoms with Crippen molar-refractivity contribution in [3.05, 3.63) is 29.8 Å². The first-order valence-corrected chi connectivity index (χ1v) is 14.9. The second-order valence-corrected chi connectivity index (χ2v) is 12.7. The van der Waals surface area contributed by atoms with Crippen molar-refractivity contribution in [2.75, 3.05) is 50.5 Å². The van der Waals surface area contributed by atoms with Gasteiger partial charge in [0.1, 0.15) is 0 Å². The highest BCUT2D eigenvalue weighted by Crippen LogP contribution is 2.27. The van der Waals surface area contributed by atoms with E-state index in [1.54, 1.807) is 0 Å². The number of carbonyl (C=O) groups is 2. The molecular formula is C24H35N3O4S2. The van der Waals surface area contributed by atoms with E-state index in [2.05, 4.69) is 4.90 Å². The Hall–Kier alpha value is -1.58. The van der Waals surface area contributed by atoms with E-state index in [0.29, 0.717) is 50.0 Å². The molecule has 1 aromatic carbocycles. The fraction of sp³-hybridized carbons (Fsp3) is 0.667. The molecule has 2 aliphatic heterocycles. The second kappa shape index (κ2) is 10.8. The van der Waals surface area contributed by atoms with E-state index < -0.39 is 9.84 Å². The lowest BCUT2D eigenvalue weighted by molar-refractivity contribution is -0.129. The predicted octanol–water partition coefficient (Wildman–Crippen LogP) is 2.51. The number of thioether (sulfide) groups is 1. The maximum Gasteiger partial charge on any atom is 0.255 e. The van der Waals surface area contributed by atoms with E-state index in [1.165, 1.54) is 31.0 Å². The Morgan fingerprint density at radius 3 is 2.39 bits per heavy atom. The van der Waals surface area contributed by atoms with Gasteiger partial charge in [-0.25, -0.2) is 8.42 Å². The van der Waals surface area contributed by atoms with Gasteiger partial charge in [0, 0.05) is 50.2 Å². The number of piperazine rings is 1. The molecule has 1 atom stereocenters. The molecule has 1 aromatic rings. The van der Waals surface area contributed by atoms with Gasteiger partial charge in [-0.1, -0.05) is 31.4 Å². The quantitative estimate of drug-likeness (QED) is 0.567. The summed E-state index contributed by atoms with van der Waals surface area (Å²) in [4.78, 5) is 32.9. The third kappa shape index (κ3) is 6.11. The lowest BCUT2D eigenvalue weighted by Gasteiger charge is -2.37. The summed E-state index contributed by atoms with van der Waals surface area (Å²) in [6.45, 7) is 2.59. The predicted molar refractivity (Wildman–Crippen MR) is 131 cm³/mol. The number of hydrogen-bond acceptors (Lipinski definition) is 6. The van der Waals surface area contributed by atoms with Gasteiger partial charge in [0.2, 0.25) is 5.91 Å². The van der Waals surface area contributed by atoms with Gasteiger partial charge in [0.25, 0.3) is 5.91 Å². The van der Waals surface area contributed by atoms with Crippen molar-refractivity contribution in [3.63, 3.8) is 0 Å². The average Bonchev–Trinajstić information content (AvgIpc) is 3.22. The van der Waals surface area contributed by atoms with Crippen molar-refractivity contribution in [1.29, 1.82) is 0 Å². The van der Waals surface area contributed by atoms with E-state index >= 15 is 0 Å². The maximum absolute atomic E-state index is 13.3. The lowest BCUT2D eigenvalue weighted by atomic mass is 9.94. The highest BCUT2D eigenvalue weighted by atomic mass is 32.2. The highest BCUT2D eigenvalue weighted by molar-refractivity contribution is 8.00. The van der Waals surface area contributed by atoms with Crippen LogP contribution in [0.4, 0.5) is 0 Å². The van der Waals surface area contributed by atoms with Gasteiger partial charge >= 0.3 is 0 Å². The van der Waals surface area contributed by atoms with Crippen LogP contribution in [0.15, 0.2) is 29.2 Å². The molecule has 0 aromatic heterocycles. The number of hydrogen-bond donors (Lipinski definition) is 0. The van der Waals surface area contributed by atoms with E-state index in [1.807, 2.05) is 41.1 Å². The monoisotopic (exact) mass is 493 g/mol. The Labute approximate surface area is 201 Å². The molecule has 3 aliphatic rings. The minimum absolute atomic E-state index is 0.00937. The van der Waals surface area contributed by atoms with Crippen molar-refractivity contribution < 1.29 is 18.0 Å². The summed E-state index contributed by atoms with van der Waals surface area (Å²) in [6.07, 6.45) is 6.50. The zero-order valence-electron chi connectivity index (χ0n) is 19.4. The molecule has 3 fully saturated rings. The van der Waals surface area contributed by atoms with Crippen molar-refractivity contribution >= 4 is 33.4 Å². The zero-order valence-corrected chi connectivity index (χ0v) is 21.1. The van der Waals surface area contributed by atoms with Gasteiger partial charge in [0.05, 0.1) is 22.8 Å². The number of rotatable bonds is 6. The number of benzene rings is 1. The number of amides is 2. The van der Waals surface area contributed by atoms with Crippen LogP contribution in [0, 0.1) is 0 Å². The van der Waals surface area contributed by atoms with Gasteiger partial charge < -0.3 is 9.80 Å². The Morgan fingerprint density at radius 2 is 1.73 bits per heavy atom. The second-order valence-electron chi connectivity index (χ2n) is 9.47. The van der Waals surface area contributed by atoms with Crippen molar-refractivity contribution in [2.45, 2.75) is 55.5 Å². The standard InChI is InChI=1S/C24H35N3O4S2/c1-25(19-7-3-2-4-8-19)23(28)17-32-22-10-6-5-9-21(22)24(29)27-14-12-26(13-15-27)20-11-16-33(30,31)18-20/h5-6,9-10,19-20H,2-4,7-8,11-18H2,1H3. The molecule has 7 nitrogen and oxygen atoms in total. The van der Waals surface area contributed by atoms with Gasteiger partial charge in [-0.2, -0.15) is 0 Å². The minimum Gasteiger partial charge on any atom is -0.342 e. The molecule has 2 heterocycles. The summed E-state index contributed by atoms with van der Waals surface area (Å²) >= 11 is 1.44. The Kier molecular flexibility index (Phi) is 8.02. The molecule has 1 unspecified atom stereocenters. The van der Waals surface area contributed by atoms with E-state index in [4.69, 9.17) is 0 Å². The van der Waals surface area contributed by atoms with Gasteiger partial charge in [-0.3, -0.25) is 14.5 Å². The van der Waals surface area contributed by atoms with Crippen LogP contribution in [-0.4, -0.2) is 97.5 Å². The molecule has 9 heteroatoms. The first-order chi connectivity index (χ1) is 15.8. The Bertz CT molecular complexity index is 954. The van der Waals surface area contributed by atoms with E-state index in [-0.39, 0.29) is 29.4 Å². The van der Waals surface area contributed by atoms with Crippen molar-refractivity contribution in [2.24, 2.45) is 0 Å². The molecule has 0 radical (unpaired) electrons. The van der Waals surface area contributed by atoms with Crippen LogP contribution < -0.4 is 0 Å². The minimum atomic E-state index is -2.91. The first kappa shape index (κ1) is 24.5. The SMILES string of the molecule is CN(C(=O)CSc1ccccc1C(=O)N1CCN(C2CCS(=O)(=O)C2)CC1)C1CCCCC1. The normalized spacial score (nSPS) is 24.0. The summed E-state index contributed by atoms with van der Waals surface area (Å²) < 4.78 is 23.6. The zero-order chi connectivity index (χ0) is 23.4. The number of carbonyl (C=O) groups excluding carboxylic acids is 2. The van der Waals surface area contributed by atoms with Crippen LogP contribution in [0.25, 0.3) is 0 Å². The summed E-state index contributed by atoms with van der Waals surface area (Å²) in [7, 11) is -0.998. The molecule has 33 heavy (non-hydrogen) atoms. The van der Waals surface area contributed by atoms with Crippen LogP contribution in [0.5, 0.6) is 0 Å². The molecular weight excluding hydrogens is 458 g/mol. The van der Waals surface area contributed by atoms with Crippen molar-refractivity contribution in [1.82, 2.24) is 14.7 Å². The van der Waals surface area contributed by atoms with Crippen LogP contribution >= 0.6 is 11.8 Å². The molecule has 0 N–H and O–H groups in total. The third-order valence-corrected chi connectivity index (χ3v) is 10.1. The Morgan fingerprint density at radius 1 is 1.03 bits per heavy atom. The van der Waals surface area contributed by atoms with E-state index in [0.717, 1.165) is 17.7 Å². The van der Waals surface area contributed by atoms with Crippen LogP contribution in [-0.2, 0) is 14.6 Å². The summed E-state index contributed by atoms with van der Waals surface area (Å²) in [6, 6.07) is 7.97. The molecule has 1 aliphatic carbocycles. The molecule has 0 bridgehead atoms. The number of nitrogens with zero attached hydrogens (tertiary/aromatic N) is 3. The van der Waals surface area contributed by atoms with Crippen LogP contribution in [0.1, 0.15) is 48.9 Å². The van der Waals surface area contributed by atoms with Crippen LogP contribution in [0.3, 0.4) is 0 Å². The Balaban J connectivity index is 1.32. The van der Waals surface area contributed by atoms with Gasteiger partial charge in [-0.05, 0) is 31.4 Å². The van der Waals surface area contributed by atoms with Crippen molar-refractivity contribution in [3.8, 4) is 0 Å². The van der Waals surface area contributed by atoms with Gasteiger partial charge in [0.15, 0.2) is 9.84 Å². The summed E-state index contributed by atoms with van der Waals surface area (Å²) in [5.74, 6) is 0.959. The molecule has 2 saturated heterocycles. The summed E-state index contributed by atoms with van der Waals surface area (Å²) in [5, 5.41) is 0. The largest absolute Gasteiger partial charge is 0.342 e. The smallest absolute Gasteiger partial charge is 0.255 e. The molecule has 1 saturated carbocycles. The first-order valence-electron chi connectivity index (χ1n) is 12.1. The van der Waals surface area contributed by atoms with Gasteiger partial charge in [-0.15, -0.1) is 11.8 Å². The highest BCUT2D eigenvalue weighted by Gasteiger charge is 2.34. The van der Waals surface area contributed by atoms with Crippen LogP contribution in [0.2, 0.25) is 0 Å². The van der Waals surface area contributed by atoms with E-state index in [9.17, 15) is 18.0 Å². The lowest BCUT2D eigenvalue weighted by Crippen LogP contribution is -2.52. The molecule has 2 amide bonds. The average molecular weight is 494 g/mol. The summed E-state index contributed by atoms with van der Waals surface area (Å²) in [5.41, 5.74) is 0.646. The maximum atomic E-state index is 13.3. The topological polar surface area (TPSA) is 78.0 Å². The third-order valence-electron chi connectivity index (χ3n) is 7.31. The molecule has 0 spiro atoms. The molecule has 182 valence electrons. The molecule has 4 rings (SSSR count). The fourth-order valence-corrected chi connectivity index (χ4v) is 7.94.